The third-order valence-corrected chi connectivity index (χ3v) is 3.31. The first-order valence-corrected chi connectivity index (χ1v) is 6.19. The van der Waals surface area contributed by atoms with Crippen molar-refractivity contribution >= 4 is 11.3 Å². The summed E-state index contributed by atoms with van der Waals surface area (Å²) in [4.78, 5) is 0. The summed E-state index contributed by atoms with van der Waals surface area (Å²) in [7, 11) is 0. The molecule has 0 bridgehead atoms. The van der Waals surface area contributed by atoms with Crippen molar-refractivity contribution in [3.05, 3.63) is 22.4 Å². The molecule has 0 spiro atoms. The molecule has 0 amide bonds. The monoisotopic (exact) mass is 228 g/mol. The number of aryl methyl sites for hydroxylation is 1. The fourth-order valence-electron chi connectivity index (χ4n) is 1.66. The van der Waals surface area contributed by atoms with Gasteiger partial charge in [0.05, 0.1) is 25.9 Å². The first-order valence-electron chi connectivity index (χ1n) is 5.25. The van der Waals surface area contributed by atoms with E-state index in [0.717, 1.165) is 12.8 Å². The van der Waals surface area contributed by atoms with E-state index < -0.39 is 6.10 Å². The number of rotatable bonds is 4. The molecule has 1 aliphatic heterocycles. The molecule has 1 aliphatic rings. The SMILES string of the molecule is OC(CCc1ccsc1)C1COCCO1. The lowest BCUT2D eigenvalue weighted by atomic mass is 10.1. The minimum Gasteiger partial charge on any atom is -0.390 e. The van der Waals surface area contributed by atoms with Crippen molar-refractivity contribution in [2.75, 3.05) is 19.8 Å². The summed E-state index contributed by atoms with van der Waals surface area (Å²) in [5.41, 5.74) is 1.29. The van der Waals surface area contributed by atoms with Crippen molar-refractivity contribution in [3.63, 3.8) is 0 Å². The lowest BCUT2D eigenvalue weighted by Gasteiger charge is -2.27. The fraction of sp³-hybridized carbons (Fsp3) is 0.636. The van der Waals surface area contributed by atoms with Crippen molar-refractivity contribution < 1.29 is 14.6 Å². The van der Waals surface area contributed by atoms with Gasteiger partial charge in [-0.3, -0.25) is 0 Å². The summed E-state index contributed by atoms with van der Waals surface area (Å²) in [5, 5.41) is 14.0. The zero-order valence-electron chi connectivity index (χ0n) is 8.59. The normalized spacial score (nSPS) is 23.9. The summed E-state index contributed by atoms with van der Waals surface area (Å²) in [5.74, 6) is 0. The van der Waals surface area contributed by atoms with E-state index in [4.69, 9.17) is 9.47 Å². The lowest BCUT2D eigenvalue weighted by Crippen LogP contribution is -2.38. The van der Waals surface area contributed by atoms with Crippen LogP contribution in [0.1, 0.15) is 12.0 Å². The zero-order valence-corrected chi connectivity index (χ0v) is 9.41. The second-order valence-corrected chi connectivity index (χ2v) is 4.50. The highest BCUT2D eigenvalue weighted by Crippen LogP contribution is 2.14. The average Bonchev–Trinajstić information content (AvgIpc) is 2.80. The van der Waals surface area contributed by atoms with Crippen LogP contribution in [0.4, 0.5) is 0 Å². The molecule has 15 heavy (non-hydrogen) atoms. The minimum atomic E-state index is -0.412. The first-order chi connectivity index (χ1) is 7.36. The third-order valence-electron chi connectivity index (χ3n) is 2.58. The Balaban J connectivity index is 1.74. The Morgan fingerprint density at radius 1 is 1.53 bits per heavy atom. The molecule has 0 radical (unpaired) electrons. The predicted octanol–water partition coefficient (Wildman–Crippen LogP) is 1.46. The topological polar surface area (TPSA) is 38.7 Å². The van der Waals surface area contributed by atoms with Crippen molar-refractivity contribution in [1.82, 2.24) is 0 Å². The van der Waals surface area contributed by atoms with Gasteiger partial charge >= 0.3 is 0 Å². The molecule has 2 atom stereocenters. The van der Waals surface area contributed by atoms with Gasteiger partial charge in [-0.25, -0.2) is 0 Å². The standard InChI is InChI=1S/C11H16O3S/c12-10(11-7-13-4-5-14-11)2-1-9-3-6-15-8-9/h3,6,8,10-12H,1-2,4-5,7H2. The molecule has 1 saturated heterocycles. The molecule has 0 aliphatic carbocycles. The Morgan fingerprint density at radius 3 is 3.13 bits per heavy atom. The van der Waals surface area contributed by atoms with E-state index in [1.54, 1.807) is 11.3 Å². The van der Waals surface area contributed by atoms with Crippen molar-refractivity contribution in [1.29, 1.82) is 0 Å². The van der Waals surface area contributed by atoms with Gasteiger partial charge < -0.3 is 14.6 Å². The van der Waals surface area contributed by atoms with E-state index in [1.165, 1.54) is 5.56 Å². The molecule has 2 heterocycles. The minimum absolute atomic E-state index is 0.141. The lowest BCUT2D eigenvalue weighted by molar-refractivity contribution is -0.133. The van der Waals surface area contributed by atoms with Crippen LogP contribution in [-0.2, 0) is 15.9 Å². The maximum atomic E-state index is 9.87. The summed E-state index contributed by atoms with van der Waals surface area (Å²) in [6.07, 6.45) is 1.09. The van der Waals surface area contributed by atoms with E-state index >= 15 is 0 Å². The molecular formula is C11H16O3S. The molecule has 0 aromatic carbocycles. The molecule has 4 heteroatoms. The van der Waals surface area contributed by atoms with Crippen LogP contribution in [0.15, 0.2) is 16.8 Å². The van der Waals surface area contributed by atoms with Gasteiger partial charge in [0.1, 0.15) is 6.10 Å². The van der Waals surface area contributed by atoms with Crippen LogP contribution in [-0.4, -0.2) is 37.1 Å². The van der Waals surface area contributed by atoms with E-state index in [-0.39, 0.29) is 6.10 Å². The van der Waals surface area contributed by atoms with Gasteiger partial charge in [0.15, 0.2) is 0 Å². The summed E-state index contributed by atoms with van der Waals surface area (Å²) >= 11 is 1.69. The maximum absolute atomic E-state index is 9.87. The number of thiophene rings is 1. The Kier molecular flexibility index (Phi) is 4.14. The molecule has 2 unspecified atom stereocenters. The van der Waals surface area contributed by atoms with Crippen molar-refractivity contribution in [2.45, 2.75) is 25.0 Å². The summed E-state index contributed by atoms with van der Waals surface area (Å²) in [6.45, 7) is 1.76. The first kappa shape index (κ1) is 11.1. The Hall–Kier alpha value is -0.420. The van der Waals surface area contributed by atoms with Crippen LogP contribution in [0.2, 0.25) is 0 Å². The van der Waals surface area contributed by atoms with Crippen LogP contribution in [0, 0.1) is 0 Å². The number of ether oxygens (including phenoxy) is 2. The quantitative estimate of drug-likeness (QED) is 0.848. The van der Waals surface area contributed by atoms with Gasteiger partial charge in [-0.2, -0.15) is 11.3 Å². The third kappa shape index (κ3) is 3.28. The molecule has 84 valence electrons. The fourth-order valence-corrected chi connectivity index (χ4v) is 2.37. The second-order valence-electron chi connectivity index (χ2n) is 3.72. The molecule has 2 rings (SSSR count). The van der Waals surface area contributed by atoms with E-state index in [1.807, 2.05) is 0 Å². The number of aliphatic hydroxyl groups excluding tert-OH is 1. The van der Waals surface area contributed by atoms with Crippen LogP contribution in [0.25, 0.3) is 0 Å². The highest BCUT2D eigenvalue weighted by atomic mass is 32.1. The highest BCUT2D eigenvalue weighted by Gasteiger charge is 2.22. The van der Waals surface area contributed by atoms with Crippen molar-refractivity contribution in [2.24, 2.45) is 0 Å². The molecule has 1 aromatic rings. The molecule has 1 fully saturated rings. The molecule has 1 N–H and O–H groups in total. The van der Waals surface area contributed by atoms with Crippen LogP contribution in [0.3, 0.4) is 0 Å². The Labute approximate surface area is 93.6 Å². The predicted molar refractivity (Wildman–Crippen MR) is 59.2 cm³/mol. The van der Waals surface area contributed by atoms with Crippen LogP contribution < -0.4 is 0 Å². The van der Waals surface area contributed by atoms with E-state index in [2.05, 4.69) is 16.8 Å². The van der Waals surface area contributed by atoms with Gasteiger partial charge in [0.2, 0.25) is 0 Å². The molecule has 0 saturated carbocycles. The molecular weight excluding hydrogens is 212 g/mol. The van der Waals surface area contributed by atoms with E-state index in [0.29, 0.717) is 19.8 Å². The van der Waals surface area contributed by atoms with Gasteiger partial charge in [-0.15, -0.1) is 0 Å². The van der Waals surface area contributed by atoms with Crippen LogP contribution in [0.5, 0.6) is 0 Å². The van der Waals surface area contributed by atoms with Crippen molar-refractivity contribution in [3.8, 4) is 0 Å². The van der Waals surface area contributed by atoms with Gasteiger partial charge in [0.25, 0.3) is 0 Å². The summed E-state index contributed by atoms with van der Waals surface area (Å²) in [6, 6.07) is 2.09. The number of hydrogen-bond donors (Lipinski definition) is 1. The number of hydrogen-bond acceptors (Lipinski definition) is 4. The summed E-state index contributed by atoms with van der Waals surface area (Å²) < 4.78 is 10.7. The maximum Gasteiger partial charge on any atom is 0.107 e. The number of aliphatic hydroxyl groups is 1. The van der Waals surface area contributed by atoms with Crippen LogP contribution >= 0.6 is 11.3 Å². The van der Waals surface area contributed by atoms with Gasteiger partial charge in [-0.05, 0) is 35.2 Å². The van der Waals surface area contributed by atoms with Gasteiger partial charge in [0, 0.05) is 0 Å². The molecule has 3 nitrogen and oxygen atoms in total. The Morgan fingerprint density at radius 2 is 2.47 bits per heavy atom. The molecule has 1 aromatic heterocycles. The van der Waals surface area contributed by atoms with E-state index in [9.17, 15) is 5.11 Å². The Bertz CT molecular complexity index is 267. The smallest absolute Gasteiger partial charge is 0.107 e. The van der Waals surface area contributed by atoms with Gasteiger partial charge in [-0.1, -0.05) is 0 Å². The largest absolute Gasteiger partial charge is 0.390 e. The average molecular weight is 228 g/mol. The highest BCUT2D eigenvalue weighted by molar-refractivity contribution is 7.07. The zero-order chi connectivity index (χ0) is 10.5. The second kappa shape index (κ2) is 5.61.